The molecule has 0 saturated carbocycles. The molecule has 194 valence electrons. The highest BCUT2D eigenvalue weighted by atomic mass is 32.2. The summed E-state index contributed by atoms with van der Waals surface area (Å²) in [4.78, 5) is 16.3. The van der Waals surface area contributed by atoms with Crippen molar-refractivity contribution in [2.45, 2.75) is 29.9 Å². The number of anilines is 1. The number of hydrogen-bond acceptors (Lipinski definition) is 8. The van der Waals surface area contributed by atoms with Gasteiger partial charge in [-0.3, -0.25) is 15.2 Å². The van der Waals surface area contributed by atoms with Crippen molar-refractivity contribution in [2.24, 2.45) is 5.73 Å². The summed E-state index contributed by atoms with van der Waals surface area (Å²) >= 11 is 0. The highest BCUT2D eigenvalue weighted by Gasteiger charge is 2.34. The van der Waals surface area contributed by atoms with E-state index in [0.29, 0.717) is 61.8 Å². The van der Waals surface area contributed by atoms with Crippen molar-refractivity contribution in [2.75, 3.05) is 45.3 Å². The fraction of sp³-hybridized carbons (Fsp3) is 0.417. The maximum Gasteiger partial charge on any atom is 0.414 e. The Morgan fingerprint density at radius 2 is 1.78 bits per heavy atom. The Kier molecular flexibility index (Phi) is 7.67. The minimum atomic E-state index is -3.71. The number of cyclic esters (lactones) is 1. The van der Waals surface area contributed by atoms with Crippen molar-refractivity contribution < 1.29 is 27.4 Å². The lowest BCUT2D eigenvalue weighted by Gasteiger charge is -2.33. The topological polar surface area (TPSA) is 147 Å². The van der Waals surface area contributed by atoms with E-state index in [1.165, 1.54) is 26.4 Å². The first-order valence-corrected chi connectivity index (χ1v) is 13.1. The first-order valence-electron chi connectivity index (χ1n) is 11.6. The number of ether oxygens (including phenoxy) is 3. The molecule has 2 aromatic carbocycles. The number of methoxy groups -OCH3 is 2. The third kappa shape index (κ3) is 5.72. The Balaban J connectivity index is 1.29. The molecule has 2 aromatic rings. The van der Waals surface area contributed by atoms with Gasteiger partial charge in [-0.25, -0.2) is 17.9 Å². The van der Waals surface area contributed by atoms with Crippen LogP contribution < -0.4 is 24.8 Å². The molecule has 0 radical (unpaired) electrons. The summed E-state index contributed by atoms with van der Waals surface area (Å²) < 4.78 is 44.5. The zero-order valence-corrected chi connectivity index (χ0v) is 21.1. The van der Waals surface area contributed by atoms with Crippen molar-refractivity contribution in [3.05, 3.63) is 48.0 Å². The van der Waals surface area contributed by atoms with Crippen LogP contribution in [0.4, 0.5) is 10.5 Å². The van der Waals surface area contributed by atoms with E-state index in [1.807, 2.05) is 0 Å². The second-order valence-corrected chi connectivity index (χ2v) is 10.5. The van der Waals surface area contributed by atoms with E-state index in [1.54, 1.807) is 35.2 Å². The van der Waals surface area contributed by atoms with E-state index in [0.717, 1.165) is 0 Å². The molecule has 2 heterocycles. The number of nitrogens with one attached hydrogen (secondary N) is 2. The van der Waals surface area contributed by atoms with E-state index in [4.69, 9.17) is 25.4 Å². The van der Waals surface area contributed by atoms with Crippen LogP contribution in [0.2, 0.25) is 0 Å². The number of sulfonamides is 1. The molecule has 1 unspecified atom stereocenters. The van der Waals surface area contributed by atoms with E-state index < -0.39 is 16.1 Å². The van der Waals surface area contributed by atoms with Crippen molar-refractivity contribution in [3.8, 4) is 11.5 Å². The molecule has 1 atom stereocenters. The number of nitrogen functional groups attached to an aromatic ring is 1. The van der Waals surface area contributed by atoms with Crippen LogP contribution in [0, 0.1) is 5.41 Å². The molecule has 36 heavy (non-hydrogen) atoms. The zero-order valence-electron chi connectivity index (χ0n) is 20.3. The molecule has 12 heteroatoms. The standard InChI is InChI=1S/C24H31N5O6S/c1-33-21-8-7-20(13-22(21)34-2)36(31,32)27-17-9-11-28(12-10-17)14-19-15-29(24(30)35-19)18-5-3-16(4-6-18)23(25)26/h3-8,13,17,19,27H,9-12,14-15H2,1-2H3,(H3,25,26). The molecule has 0 bridgehead atoms. The van der Waals surface area contributed by atoms with Crippen LogP contribution in [0.1, 0.15) is 18.4 Å². The van der Waals surface area contributed by atoms with Crippen LogP contribution in [0.25, 0.3) is 0 Å². The molecule has 0 spiro atoms. The number of carbonyl (C=O) groups excluding carboxylic acids is 1. The van der Waals surface area contributed by atoms with Gasteiger partial charge in [-0.05, 0) is 62.3 Å². The maximum absolute atomic E-state index is 12.9. The fourth-order valence-electron chi connectivity index (χ4n) is 4.44. The molecule has 0 aromatic heterocycles. The molecular formula is C24H31N5O6S. The number of nitrogens with two attached hydrogens (primary N) is 1. The Bertz CT molecular complexity index is 1210. The van der Waals surface area contributed by atoms with E-state index >= 15 is 0 Å². The first kappa shape index (κ1) is 25.7. The summed E-state index contributed by atoms with van der Waals surface area (Å²) in [7, 11) is -0.757. The molecule has 4 N–H and O–H groups in total. The predicted octanol–water partition coefficient (Wildman–Crippen LogP) is 1.76. The number of nitrogens with zero attached hydrogens (tertiary/aromatic N) is 2. The Labute approximate surface area is 210 Å². The molecule has 2 fully saturated rings. The largest absolute Gasteiger partial charge is 0.493 e. The Morgan fingerprint density at radius 3 is 2.39 bits per heavy atom. The summed E-state index contributed by atoms with van der Waals surface area (Å²) in [5, 5.41) is 7.49. The number of amides is 1. The van der Waals surface area contributed by atoms with Gasteiger partial charge >= 0.3 is 6.09 Å². The van der Waals surface area contributed by atoms with E-state index in [9.17, 15) is 13.2 Å². The van der Waals surface area contributed by atoms with Gasteiger partial charge in [0.15, 0.2) is 11.5 Å². The zero-order chi connectivity index (χ0) is 25.9. The van der Waals surface area contributed by atoms with Crippen LogP contribution in [0.15, 0.2) is 47.4 Å². The lowest BCUT2D eigenvalue weighted by Crippen LogP contribution is -2.46. The van der Waals surface area contributed by atoms with Crippen LogP contribution in [-0.2, 0) is 14.8 Å². The van der Waals surface area contributed by atoms with Crippen molar-refractivity contribution >= 4 is 27.6 Å². The second-order valence-electron chi connectivity index (χ2n) is 8.79. The van der Waals surface area contributed by atoms with Crippen molar-refractivity contribution in [1.29, 1.82) is 5.41 Å². The molecule has 2 saturated heterocycles. The monoisotopic (exact) mass is 517 g/mol. The van der Waals surface area contributed by atoms with Crippen molar-refractivity contribution in [3.63, 3.8) is 0 Å². The minimum Gasteiger partial charge on any atom is -0.493 e. The smallest absolute Gasteiger partial charge is 0.414 e. The van der Waals surface area contributed by atoms with Gasteiger partial charge in [0.2, 0.25) is 10.0 Å². The summed E-state index contributed by atoms with van der Waals surface area (Å²) in [6, 6.07) is 11.2. The van der Waals surface area contributed by atoms with Gasteiger partial charge in [0, 0.05) is 29.9 Å². The quantitative estimate of drug-likeness (QED) is 0.337. The van der Waals surface area contributed by atoms with Gasteiger partial charge in [-0.15, -0.1) is 0 Å². The highest BCUT2D eigenvalue weighted by molar-refractivity contribution is 7.89. The molecule has 1 amide bonds. The van der Waals surface area contributed by atoms with Crippen molar-refractivity contribution in [1.82, 2.24) is 9.62 Å². The third-order valence-electron chi connectivity index (χ3n) is 6.40. The Morgan fingerprint density at radius 1 is 1.11 bits per heavy atom. The SMILES string of the molecule is COc1ccc(S(=O)(=O)NC2CCN(CC3CN(c4ccc(C(=N)N)cc4)C(=O)O3)CC2)cc1OC. The lowest BCUT2D eigenvalue weighted by molar-refractivity contribution is 0.0968. The lowest BCUT2D eigenvalue weighted by atomic mass is 10.1. The normalized spacial score (nSPS) is 19.2. The number of amidine groups is 1. The maximum atomic E-state index is 12.9. The molecule has 2 aliphatic rings. The molecule has 4 rings (SSSR count). The summed E-state index contributed by atoms with van der Waals surface area (Å²) in [6.07, 6.45) is 0.588. The minimum absolute atomic E-state index is 0.0298. The molecule has 0 aliphatic carbocycles. The van der Waals surface area contributed by atoms with Gasteiger partial charge in [-0.2, -0.15) is 0 Å². The number of carbonyl (C=O) groups is 1. The van der Waals surface area contributed by atoms with Gasteiger partial charge in [0.25, 0.3) is 0 Å². The Hall–Kier alpha value is -3.35. The van der Waals surface area contributed by atoms with E-state index in [-0.39, 0.29) is 22.9 Å². The second kappa shape index (κ2) is 10.7. The number of rotatable bonds is 9. The number of likely N-dealkylation sites (tertiary alicyclic amines) is 1. The number of benzene rings is 2. The molecule has 11 nitrogen and oxygen atoms in total. The van der Waals surface area contributed by atoms with Gasteiger partial charge in [-0.1, -0.05) is 0 Å². The highest BCUT2D eigenvalue weighted by Crippen LogP contribution is 2.30. The van der Waals surface area contributed by atoms with E-state index in [2.05, 4.69) is 9.62 Å². The third-order valence-corrected chi connectivity index (χ3v) is 7.92. The van der Waals surface area contributed by atoms with Crippen LogP contribution in [-0.4, -0.2) is 77.8 Å². The van der Waals surface area contributed by atoms with Crippen LogP contribution >= 0.6 is 0 Å². The molecule has 2 aliphatic heterocycles. The summed E-state index contributed by atoms with van der Waals surface area (Å²) in [5.74, 6) is 0.784. The average Bonchev–Trinajstić information content (AvgIpc) is 3.24. The number of piperidine rings is 1. The van der Waals surface area contributed by atoms with Crippen LogP contribution in [0.5, 0.6) is 11.5 Å². The molecular weight excluding hydrogens is 486 g/mol. The fourth-order valence-corrected chi connectivity index (χ4v) is 5.76. The van der Waals surface area contributed by atoms with Gasteiger partial charge in [0.05, 0.1) is 25.7 Å². The number of hydrogen-bond donors (Lipinski definition) is 3. The summed E-state index contributed by atoms with van der Waals surface area (Å²) in [6.45, 7) is 2.36. The van der Waals surface area contributed by atoms with Crippen LogP contribution in [0.3, 0.4) is 0 Å². The summed E-state index contributed by atoms with van der Waals surface area (Å²) in [5.41, 5.74) is 6.77. The first-order chi connectivity index (χ1) is 17.2. The van der Waals surface area contributed by atoms with Gasteiger partial charge < -0.3 is 19.9 Å². The predicted molar refractivity (Wildman–Crippen MR) is 134 cm³/mol. The average molecular weight is 518 g/mol. The van der Waals surface area contributed by atoms with Gasteiger partial charge in [0.1, 0.15) is 11.9 Å².